The number of pyridine rings is 1. The topological polar surface area (TPSA) is 80.2 Å². The number of nitrogens with zero attached hydrogens (tertiary/aromatic N) is 1. The minimum Gasteiger partial charge on any atom is -0.354 e. The van der Waals surface area contributed by atoms with E-state index >= 15 is 0 Å². The molecule has 0 spiro atoms. The first-order valence-corrected chi connectivity index (χ1v) is 9.03. The van der Waals surface area contributed by atoms with Gasteiger partial charge in [-0.1, -0.05) is 32.0 Å². The Bertz CT molecular complexity index is 890. The van der Waals surface area contributed by atoms with Crippen LogP contribution in [0.2, 0.25) is 0 Å². The monoisotopic (exact) mass is 419 g/mol. The molecule has 6 nitrogen and oxygen atoms in total. The molecule has 1 heterocycles. The van der Waals surface area contributed by atoms with Gasteiger partial charge in [-0.3, -0.25) is 14.4 Å². The third-order valence-electron chi connectivity index (χ3n) is 3.99. The van der Waals surface area contributed by atoms with Gasteiger partial charge in [0.2, 0.25) is 11.3 Å². The fourth-order valence-corrected chi connectivity index (χ4v) is 3.08. The number of rotatable bonds is 5. The van der Waals surface area contributed by atoms with E-state index < -0.39 is 11.9 Å². The molecule has 0 radical (unpaired) electrons. The highest BCUT2D eigenvalue weighted by Crippen LogP contribution is 2.12. The quantitative estimate of drug-likeness (QED) is 0.781. The van der Waals surface area contributed by atoms with Crippen molar-refractivity contribution in [2.24, 2.45) is 13.0 Å². The third-order valence-corrected chi connectivity index (χ3v) is 4.56. The van der Waals surface area contributed by atoms with Crippen molar-refractivity contribution in [1.82, 2.24) is 9.88 Å². The number of anilines is 1. The number of aromatic nitrogens is 1. The maximum absolute atomic E-state index is 12.7. The molecule has 0 saturated heterocycles. The Balaban J connectivity index is 2.22. The van der Waals surface area contributed by atoms with Crippen LogP contribution in [0.4, 0.5) is 5.69 Å². The molecule has 1 aromatic heterocycles. The zero-order valence-electron chi connectivity index (χ0n) is 15.2. The van der Waals surface area contributed by atoms with Gasteiger partial charge in [-0.25, -0.2) is 0 Å². The van der Waals surface area contributed by atoms with Crippen LogP contribution in [0.15, 0.2) is 45.9 Å². The van der Waals surface area contributed by atoms with E-state index in [1.807, 2.05) is 32.9 Å². The van der Waals surface area contributed by atoms with E-state index in [0.717, 1.165) is 5.56 Å². The van der Waals surface area contributed by atoms with Crippen molar-refractivity contribution >= 4 is 33.4 Å². The van der Waals surface area contributed by atoms with Crippen LogP contribution < -0.4 is 16.1 Å². The van der Waals surface area contributed by atoms with Crippen LogP contribution in [0, 0.1) is 12.8 Å². The normalized spacial score (nSPS) is 11.9. The van der Waals surface area contributed by atoms with E-state index in [4.69, 9.17) is 0 Å². The Labute approximate surface area is 160 Å². The van der Waals surface area contributed by atoms with Crippen molar-refractivity contribution in [2.45, 2.75) is 26.8 Å². The number of amides is 2. The molecule has 2 amide bonds. The number of hydrogen-bond donors (Lipinski definition) is 2. The van der Waals surface area contributed by atoms with Crippen molar-refractivity contribution in [3.8, 4) is 0 Å². The third kappa shape index (κ3) is 4.60. The minimum absolute atomic E-state index is 0.154. The molecule has 0 aliphatic rings. The maximum Gasteiger partial charge on any atom is 0.252 e. The van der Waals surface area contributed by atoms with Crippen LogP contribution in [0.1, 0.15) is 29.8 Å². The van der Waals surface area contributed by atoms with Crippen molar-refractivity contribution in [3.05, 3.63) is 62.5 Å². The van der Waals surface area contributed by atoms with Crippen molar-refractivity contribution in [2.75, 3.05) is 5.32 Å². The molecule has 1 atom stereocenters. The molecule has 7 heteroatoms. The molecule has 0 aliphatic heterocycles. The van der Waals surface area contributed by atoms with E-state index in [1.165, 1.54) is 6.20 Å². The summed E-state index contributed by atoms with van der Waals surface area (Å²) in [4.78, 5) is 37.4. The number of nitrogens with one attached hydrogen (secondary N) is 2. The predicted octanol–water partition coefficient (Wildman–Crippen LogP) is 2.85. The molecule has 138 valence electrons. The number of carbonyl (C=O) groups excluding carboxylic acids is 2. The average molecular weight is 420 g/mol. The first-order chi connectivity index (χ1) is 12.2. The lowest BCUT2D eigenvalue weighted by Crippen LogP contribution is -2.47. The highest BCUT2D eigenvalue weighted by Gasteiger charge is 2.26. The van der Waals surface area contributed by atoms with Crippen molar-refractivity contribution < 1.29 is 9.59 Å². The van der Waals surface area contributed by atoms with Gasteiger partial charge < -0.3 is 15.2 Å². The molecule has 0 aliphatic carbocycles. The van der Waals surface area contributed by atoms with Gasteiger partial charge in [0, 0.05) is 25.0 Å². The smallest absolute Gasteiger partial charge is 0.252 e. The summed E-state index contributed by atoms with van der Waals surface area (Å²) in [5, 5.41) is 5.40. The second kappa shape index (κ2) is 8.31. The Kier molecular flexibility index (Phi) is 6.37. The summed E-state index contributed by atoms with van der Waals surface area (Å²) >= 11 is 3.18. The Morgan fingerprint density at radius 1 is 1.15 bits per heavy atom. The van der Waals surface area contributed by atoms with Crippen LogP contribution >= 0.6 is 15.9 Å². The number of carbonyl (C=O) groups is 2. The molecule has 1 unspecified atom stereocenters. The van der Waals surface area contributed by atoms with Gasteiger partial charge in [0.1, 0.15) is 11.7 Å². The summed E-state index contributed by atoms with van der Waals surface area (Å²) in [5.41, 5.74) is 1.19. The van der Waals surface area contributed by atoms with Gasteiger partial charge in [0.15, 0.2) is 0 Å². The number of hydrogen-bond acceptors (Lipinski definition) is 3. The Hall–Kier alpha value is -2.41. The molecule has 0 saturated carbocycles. The van der Waals surface area contributed by atoms with Crippen LogP contribution in [0.25, 0.3) is 0 Å². The molecule has 1 aromatic carbocycles. The van der Waals surface area contributed by atoms with E-state index in [2.05, 4.69) is 26.6 Å². The second-order valence-electron chi connectivity index (χ2n) is 6.51. The van der Waals surface area contributed by atoms with E-state index in [0.29, 0.717) is 10.0 Å². The summed E-state index contributed by atoms with van der Waals surface area (Å²) in [6, 6.07) is 6.40. The Morgan fingerprint density at radius 2 is 1.81 bits per heavy atom. The lowest BCUT2D eigenvalue weighted by atomic mass is 10.0. The van der Waals surface area contributed by atoms with Crippen LogP contribution in [0.5, 0.6) is 0 Å². The van der Waals surface area contributed by atoms with Crippen LogP contribution in [0.3, 0.4) is 0 Å². The average Bonchev–Trinajstić information content (AvgIpc) is 2.56. The summed E-state index contributed by atoms with van der Waals surface area (Å²) in [5.74, 6) is -0.907. The van der Waals surface area contributed by atoms with E-state index in [9.17, 15) is 14.4 Å². The van der Waals surface area contributed by atoms with Gasteiger partial charge in [0.05, 0.1) is 4.47 Å². The molecule has 2 N–H and O–H groups in total. The van der Waals surface area contributed by atoms with Gasteiger partial charge >= 0.3 is 0 Å². The summed E-state index contributed by atoms with van der Waals surface area (Å²) in [6.45, 7) is 5.51. The number of aryl methyl sites for hydroxylation is 2. The molecule has 0 bridgehead atoms. The van der Waals surface area contributed by atoms with E-state index in [-0.39, 0.29) is 22.9 Å². The molecule has 2 aromatic rings. The predicted molar refractivity (Wildman–Crippen MR) is 105 cm³/mol. The minimum atomic E-state index is -0.772. The van der Waals surface area contributed by atoms with Gasteiger partial charge in [-0.2, -0.15) is 0 Å². The molecule has 0 fully saturated rings. The van der Waals surface area contributed by atoms with Crippen molar-refractivity contribution in [3.63, 3.8) is 0 Å². The van der Waals surface area contributed by atoms with Crippen LogP contribution in [-0.4, -0.2) is 22.4 Å². The number of halogens is 1. The molecular weight excluding hydrogens is 398 g/mol. The summed E-state index contributed by atoms with van der Waals surface area (Å²) in [6.07, 6.45) is 3.14. The molecular formula is C19H22BrN3O3. The second-order valence-corrected chi connectivity index (χ2v) is 7.37. The first-order valence-electron chi connectivity index (χ1n) is 8.24. The summed E-state index contributed by atoms with van der Waals surface area (Å²) in [7, 11) is 1.75. The van der Waals surface area contributed by atoms with Gasteiger partial charge in [0.25, 0.3) is 5.91 Å². The maximum atomic E-state index is 12.7. The number of benzene rings is 1. The van der Waals surface area contributed by atoms with Gasteiger partial charge in [-0.05, 0) is 40.4 Å². The summed E-state index contributed by atoms with van der Waals surface area (Å²) < 4.78 is 2.01. The lowest BCUT2D eigenvalue weighted by molar-refractivity contribution is -0.118. The highest BCUT2D eigenvalue weighted by molar-refractivity contribution is 9.10. The van der Waals surface area contributed by atoms with Crippen LogP contribution in [-0.2, 0) is 11.8 Å². The zero-order valence-corrected chi connectivity index (χ0v) is 16.8. The van der Waals surface area contributed by atoms with E-state index in [1.54, 1.807) is 29.9 Å². The lowest BCUT2D eigenvalue weighted by Gasteiger charge is -2.22. The zero-order chi connectivity index (χ0) is 19.4. The Morgan fingerprint density at radius 3 is 2.42 bits per heavy atom. The first kappa shape index (κ1) is 19.9. The highest BCUT2D eigenvalue weighted by atomic mass is 79.9. The molecule has 26 heavy (non-hydrogen) atoms. The SMILES string of the molecule is Cc1ccccc1C(=O)NC(C(=O)Nc1cn(C)cc(Br)c1=O)C(C)C. The fraction of sp³-hybridized carbons (Fsp3) is 0.316. The molecule has 2 rings (SSSR count). The van der Waals surface area contributed by atoms with Gasteiger partial charge in [-0.15, -0.1) is 0 Å². The fourth-order valence-electron chi connectivity index (χ4n) is 2.55. The standard InChI is InChI=1S/C19H22BrN3O3/c1-11(2)16(22-18(25)13-8-6-5-7-12(13)3)19(26)21-15-10-23(4)9-14(20)17(15)24/h5-11,16H,1-4H3,(H,21,26)(H,22,25). The van der Waals surface area contributed by atoms with Crippen molar-refractivity contribution in [1.29, 1.82) is 0 Å². The largest absolute Gasteiger partial charge is 0.354 e.